The van der Waals surface area contributed by atoms with E-state index in [1.54, 1.807) is 29.0 Å². The number of phenolic OH excluding ortho intramolecular Hbond substituents is 1. The number of phenols is 1. The molecule has 1 saturated heterocycles. The average Bonchev–Trinajstić information content (AvgIpc) is 3.15. The minimum atomic E-state index is -1.66. The van der Waals surface area contributed by atoms with E-state index in [2.05, 4.69) is 21.9 Å². The molecule has 44 heavy (non-hydrogen) atoms. The topological polar surface area (TPSA) is 104 Å². The highest BCUT2D eigenvalue weighted by atomic mass is 19.2. The van der Waals surface area contributed by atoms with Crippen LogP contribution in [0.25, 0.3) is 27.7 Å². The normalized spacial score (nSPS) is 16.1. The average molecular weight is 609 g/mol. The predicted octanol–water partition coefficient (Wildman–Crippen LogP) is 4.77. The molecule has 2 aliphatic heterocycles. The first-order valence-corrected chi connectivity index (χ1v) is 14.0. The van der Waals surface area contributed by atoms with Crippen molar-refractivity contribution in [2.24, 2.45) is 0 Å². The van der Waals surface area contributed by atoms with Crippen molar-refractivity contribution in [3.8, 4) is 22.6 Å². The number of halogens is 4. The fourth-order valence-electron chi connectivity index (χ4n) is 6.12. The molecular formula is C31H28F4N6O3. The summed E-state index contributed by atoms with van der Waals surface area (Å²) in [6.45, 7) is 9.48. The van der Waals surface area contributed by atoms with Gasteiger partial charge in [-0.2, -0.15) is 4.98 Å². The molecule has 2 aromatic heterocycles. The summed E-state index contributed by atoms with van der Waals surface area (Å²) in [4.78, 5) is 38.4. The third kappa shape index (κ3) is 4.28. The second-order valence-electron chi connectivity index (χ2n) is 11.1. The number of aromatic nitrogens is 3. The Labute approximate surface area is 249 Å². The van der Waals surface area contributed by atoms with Crippen LogP contribution in [0.15, 0.2) is 41.8 Å². The van der Waals surface area contributed by atoms with Gasteiger partial charge in [0.2, 0.25) is 5.91 Å². The van der Waals surface area contributed by atoms with Crippen LogP contribution in [-0.2, 0) is 4.79 Å². The Kier molecular flexibility index (Phi) is 7.05. The third-order valence-corrected chi connectivity index (χ3v) is 8.20. The number of hydrogen-bond acceptors (Lipinski definition) is 7. The molecule has 6 rings (SSSR count). The number of nitrogens with one attached hydrogen (secondary N) is 1. The van der Waals surface area contributed by atoms with Crippen molar-refractivity contribution in [2.75, 3.05) is 36.4 Å². The molecule has 1 fully saturated rings. The molecule has 13 heteroatoms. The predicted molar refractivity (Wildman–Crippen MR) is 157 cm³/mol. The third-order valence-electron chi connectivity index (χ3n) is 8.20. The van der Waals surface area contributed by atoms with E-state index in [0.29, 0.717) is 17.3 Å². The van der Waals surface area contributed by atoms with Gasteiger partial charge >= 0.3 is 5.69 Å². The van der Waals surface area contributed by atoms with Gasteiger partial charge < -0.3 is 20.2 Å². The quantitative estimate of drug-likeness (QED) is 0.254. The number of fused-ring (bicyclic) bond motifs is 2. The maximum absolute atomic E-state index is 17.0. The van der Waals surface area contributed by atoms with E-state index >= 15 is 13.2 Å². The van der Waals surface area contributed by atoms with Gasteiger partial charge in [-0.25, -0.2) is 22.4 Å². The van der Waals surface area contributed by atoms with Crippen molar-refractivity contribution in [2.45, 2.75) is 32.7 Å². The standard InChI is InChI=1S/C31H28F4N6O3/c1-5-19(43)39-10-11-40-16(13-39)12-37-27-22-29(25(35)21(24(27)34)20-18(42)7-6-17(32)23(20)33)41(31(44)38-30(22)40)28-15(4)8-9-36-26(28)14(2)3/h5-9,14,16,37,42H,1,10-13H2,2-4H3. The number of carbonyl (C=O) groups excluding carboxylic acids is 1. The highest BCUT2D eigenvalue weighted by molar-refractivity contribution is 6.05. The summed E-state index contributed by atoms with van der Waals surface area (Å²) in [5, 5.41) is 13.4. The number of piperazine rings is 1. The van der Waals surface area contributed by atoms with Gasteiger partial charge in [-0.3, -0.25) is 14.3 Å². The summed E-state index contributed by atoms with van der Waals surface area (Å²) in [5.74, 6) is -7.30. The van der Waals surface area contributed by atoms with E-state index < -0.39 is 57.4 Å². The van der Waals surface area contributed by atoms with E-state index in [1.165, 1.54) is 6.08 Å². The second-order valence-corrected chi connectivity index (χ2v) is 11.1. The first-order valence-electron chi connectivity index (χ1n) is 14.0. The van der Waals surface area contributed by atoms with E-state index in [0.717, 1.165) is 10.6 Å². The van der Waals surface area contributed by atoms with Gasteiger partial charge in [0, 0.05) is 32.4 Å². The summed E-state index contributed by atoms with van der Waals surface area (Å²) in [6, 6.07) is 2.53. The summed E-state index contributed by atoms with van der Waals surface area (Å²) in [5.41, 5.74) is -2.62. The molecule has 2 aliphatic rings. The highest BCUT2D eigenvalue weighted by Gasteiger charge is 2.38. The minimum Gasteiger partial charge on any atom is -0.507 e. The molecule has 0 saturated carbocycles. The first-order chi connectivity index (χ1) is 21.0. The lowest BCUT2D eigenvalue weighted by Gasteiger charge is -2.41. The van der Waals surface area contributed by atoms with Crippen LogP contribution in [0.1, 0.15) is 31.0 Å². The zero-order valence-electron chi connectivity index (χ0n) is 24.1. The van der Waals surface area contributed by atoms with E-state index in [1.807, 2.05) is 13.8 Å². The van der Waals surface area contributed by atoms with Crippen molar-refractivity contribution in [1.29, 1.82) is 0 Å². The van der Waals surface area contributed by atoms with Crippen LogP contribution in [-0.4, -0.2) is 62.7 Å². The Bertz CT molecular complexity index is 1940. The zero-order valence-corrected chi connectivity index (χ0v) is 24.1. The minimum absolute atomic E-state index is 0.0172. The number of pyridine rings is 1. The molecule has 0 aliphatic carbocycles. The molecule has 2 aromatic carbocycles. The number of aryl methyl sites for hydroxylation is 1. The molecular weight excluding hydrogens is 580 g/mol. The monoisotopic (exact) mass is 608 g/mol. The Hall–Kier alpha value is -4.94. The summed E-state index contributed by atoms with van der Waals surface area (Å²) >= 11 is 0. The van der Waals surface area contributed by atoms with Gasteiger partial charge in [-0.1, -0.05) is 20.4 Å². The van der Waals surface area contributed by atoms with Crippen molar-refractivity contribution in [1.82, 2.24) is 19.4 Å². The van der Waals surface area contributed by atoms with Gasteiger partial charge in [-0.05, 0) is 42.7 Å². The fraction of sp³-hybridized carbons (Fsp3) is 0.290. The highest BCUT2D eigenvalue weighted by Crippen LogP contribution is 2.46. The SMILES string of the molecule is C=CC(=O)N1CCN2c3nc(=O)n(-c4c(C)ccnc4C(C)C)c4c(F)c(-c5c(O)ccc(F)c5F)c(F)c(c34)NCC2C1. The van der Waals surface area contributed by atoms with Gasteiger partial charge in [0.25, 0.3) is 0 Å². The molecule has 228 valence electrons. The van der Waals surface area contributed by atoms with Crippen molar-refractivity contribution in [3.63, 3.8) is 0 Å². The van der Waals surface area contributed by atoms with E-state index in [4.69, 9.17) is 0 Å². The largest absolute Gasteiger partial charge is 0.507 e. The van der Waals surface area contributed by atoms with Crippen LogP contribution >= 0.6 is 0 Å². The number of rotatable bonds is 4. The molecule has 9 nitrogen and oxygen atoms in total. The van der Waals surface area contributed by atoms with Gasteiger partial charge in [0.1, 0.15) is 17.1 Å². The van der Waals surface area contributed by atoms with Gasteiger partial charge in [0.05, 0.1) is 39.6 Å². The zero-order chi connectivity index (χ0) is 31.6. The smallest absolute Gasteiger partial charge is 0.354 e. The first kappa shape index (κ1) is 29.1. The van der Waals surface area contributed by atoms with Crippen LogP contribution in [0.3, 0.4) is 0 Å². The molecule has 0 spiro atoms. The lowest BCUT2D eigenvalue weighted by molar-refractivity contribution is -0.126. The van der Waals surface area contributed by atoms with Crippen molar-refractivity contribution in [3.05, 3.63) is 82.1 Å². The maximum Gasteiger partial charge on any atom is 0.354 e. The number of hydrogen-bond donors (Lipinski definition) is 2. The molecule has 1 unspecified atom stereocenters. The molecule has 1 atom stereocenters. The van der Waals surface area contributed by atoms with E-state index in [9.17, 15) is 19.1 Å². The van der Waals surface area contributed by atoms with Crippen LogP contribution < -0.4 is 15.9 Å². The molecule has 0 radical (unpaired) electrons. The fourth-order valence-corrected chi connectivity index (χ4v) is 6.12. The molecule has 4 aromatic rings. The lowest BCUT2D eigenvalue weighted by Crippen LogP contribution is -2.57. The number of nitrogens with zero attached hydrogens (tertiary/aromatic N) is 5. The Balaban J connectivity index is 1.77. The lowest BCUT2D eigenvalue weighted by atomic mass is 9.97. The number of aromatic hydroxyl groups is 1. The maximum atomic E-state index is 17.0. The Morgan fingerprint density at radius 1 is 1.11 bits per heavy atom. The molecule has 0 bridgehead atoms. The summed E-state index contributed by atoms with van der Waals surface area (Å²) in [7, 11) is 0. The Morgan fingerprint density at radius 3 is 2.57 bits per heavy atom. The van der Waals surface area contributed by atoms with Crippen LogP contribution in [0.4, 0.5) is 29.1 Å². The second kappa shape index (κ2) is 10.6. The molecule has 1 amide bonds. The van der Waals surface area contributed by atoms with Crippen molar-refractivity contribution < 1.29 is 27.5 Å². The number of amides is 1. The molecule has 2 N–H and O–H groups in total. The number of benzene rings is 2. The molecule has 4 heterocycles. The van der Waals surface area contributed by atoms with Crippen LogP contribution in [0.2, 0.25) is 0 Å². The van der Waals surface area contributed by atoms with E-state index in [-0.39, 0.29) is 60.6 Å². The van der Waals surface area contributed by atoms with Crippen LogP contribution in [0, 0.1) is 30.2 Å². The summed E-state index contributed by atoms with van der Waals surface area (Å²) < 4.78 is 64.2. The number of anilines is 2. The Morgan fingerprint density at radius 2 is 1.86 bits per heavy atom. The number of carbonyl (C=O) groups is 1. The van der Waals surface area contributed by atoms with Crippen LogP contribution in [0.5, 0.6) is 5.75 Å². The van der Waals surface area contributed by atoms with Gasteiger partial charge in [-0.15, -0.1) is 0 Å². The van der Waals surface area contributed by atoms with Gasteiger partial charge in [0.15, 0.2) is 23.3 Å². The summed E-state index contributed by atoms with van der Waals surface area (Å²) in [6.07, 6.45) is 2.72. The van der Waals surface area contributed by atoms with Crippen molar-refractivity contribution >= 4 is 28.3 Å².